The number of nitro groups is 1. The van der Waals surface area contributed by atoms with Gasteiger partial charge in [-0.3, -0.25) is 14.9 Å². The van der Waals surface area contributed by atoms with Crippen LogP contribution >= 0.6 is 11.7 Å². The zero-order valence-electron chi connectivity index (χ0n) is 11.7. The lowest BCUT2D eigenvalue weighted by Crippen LogP contribution is -2.14. The van der Waals surface area contributed by atoms with Gasteiger partial charge in [-0.25, -0.2) is 0 Å². The van der Waals surface area contributed by atoms with E-state index >= 15 is 0 Å². The van der Waals surface area contributed by atoms with Crippen LogP contribution in [0.2, 0.25) is 0 Å². The molecule has 8 heteroatoms. The van der Waals surface area contributed by atoms with Crippen LogP contribution in [0.3, 0.4) is 0 Å². The molecule has 0 fully saturated rings. The molecule has 1 unspecified atom stereocenters. The first-order valence-corrected chi connectivity index (χ1v) is 7.46. The first-order chi connectivity index (χ1) is 11.0. The van der Waals surface area contributed by atoms with E-state index in [1.165, 1.54) is 12.1 Å². The fourth-order valence-corrected chi connectivity index (χ4v) is 2.91. The maximum absolute atomic E-state index is 11.6. The minimum absolute atomic E-state index is 0.0502. The first kappa shape index (κ1) is 15.0. The Balaban J connectivity index is 1.94. The largest absolute Gasteiger partial charge is 0.481 e. The van der Waals surface area contributed by atoms with Gasteiger partial charge in [0.15, 0.2) is 0 Å². The number of nitro benzene ring substituents is 1. The molecular formula is C15H11N3O4S. The smallest absolute Gasteiger partial charge is 0.311 e. The molecule has 0 aliphatic heterocycles. The Morgan fingerprint density at radius 1 is 1.22 bits per heavy atom. The van der Waals surface area contributed by atoms with E-state index in [9.17, 15) is 20.0 Å². The van der Waals surface area contributed by atoms with Crippen LogP contribution in [0.15, 0.2) is 42.5 Å². The molecule has 0 bridgehead atoms. The van der Waals surface area contributed by atoms with Crippen LogP contribution in [0, 0.1) is 10.1 Å². The van der Waals surface area contributed by atoms with Gasteiger partial charge >= 0.3 is 5.97 Å². The average molecular weight is 329 g/mol. The minimum atomic E-state index is -0.987. The topological polar surface area (TPSA) is 106 Å². The van der Waals surface area contributed by atoms with Crippen LogP contribution in [-0.4, -0.2) is 24.7 Å². The second-order valence-corrected chi connectivity index (χ2v) is 5.56. The van der Waals surface area contributed by atoms with Gasteiger partial charge < -0.3 is 5.11 Å². The molecule has 7 nitrogen and oxygen atoms in total. The van der Waals surface area contributed by atoms with E-state index in [0.717, 1.165) is 17.2 Å². The van der Waals surface area contributed by atoms with Gasteiger partial charge in [0.05, 0.1) is 22.6 Å². The number of hydrogen-bond acceptors (Lipinski definition) is 6. The van der Waals surface area contributed by atoms with Crippen molar-refractivity contribution in [3.05, 3.63) is 63.7 Å². The number of carbonyl (C=O) groups is 1. The van der Waals surface area contributed by atoms with Gasteiger partial charge in [-0.2, -0.15) is 8.75 Å². The number of carboxylic acid groups (broad SMARTS) is 1. The summed E-state index contributed by atoms with van der Waals surface area (Å²) in [6.07, 6.45) is 0.167. The molecule has 0 amide bonds. The monoisotopic (exact) mass is 329 g/mol. The molecule has 1 N–H and O–H groups in total. The molecule has 0 saturated carbocycles. The summed E-state index contributed by atoms with van der Waals surface area (Å²) in [6.45, 7) is 0. The van der Waals surface area contributed by atoms with Crippen LogP contribution in [0.5, 0.6) is 0 Å². The van der Waals surface area contributed by atoms with Gasteiger partial charge in [-0.1, -0.05) is 18.2 Å². The fourth-order valence-electron chi connectivity index (χ4n) is 2.40. The minimum Gasteiger partial charge on any atom is -0.481 e. The quantitative estimate of drug-likeness (QED) is 0.569. The molecule has 0 aliphatic rings. The molecule has 3 rings (SSSR count). The predicted molar refractivity (Wildman–Crippen MR) is 84.6 cm³/mol. The third-order valence-corrected chi connectivity index (χ3v) is 4.10. The van der Waals surface area contributed by atoms with Gasteiger partial charge in [0.1, 0.15) is 11.0 Å². The molecule has 0 saturated heterocycles. The lowest BCUT2D eigenvalue weighted by atomic mass is 9.91. The molecule has 0 radical (unpaired) electrons. The number of carboxylic acids is 1. The number of aliphatic carboxylic acids is 1. The molecule has 1 atom stereocenters. The normalized spacial score (nSPS) is 12.2. The predicted octanol–water partition coefficient (Wildman–Crippen LogP) is 3.01. The Morgan fingerprint density at radius 2 is 2.00 bits per heavy atom. The van der Waals surface area contributed by atoms with Crippen molar-refractivity contribution in [3.63, 3.8) is 0 Å². The molecule has 0 aliphatic carbocycles. The Bertz CT molecular complexity index is 893. The summed E-state index contributed by atoms with van der Waals surface area (Å²) in [5, 5.41) is 20.4. The Morgan fingerprint density at radius 3 is 2.74 bits per heavy atom. The highest BCUT2D eigenvalue weighted by Gasteiger charge is 2.22. The highest BCUT2D eigenvalue weighted by Crippen LogP contribution is 2.26. The van der Waals surface area contributed by atoms with Crippen molar-refractivity contribution < 1.29 is 14.8 Å². The number of rotatable bonds is 5. The van der Waals surface area contributed by atoms with Gasteiger partial charge in [-0.05, 0) is 29.7 Å². The lowest BCUT2D eigenvalue weighted by Gasteiger charge is -2.12. The van der Waals surface area contributed by atoms with E-state index in [2.05, 4.69) is 8.75 Å². The Labute approximate surface area is 134 Å². The van der Waals surface area contributed by atoms with E-state index in [-0.39, 0.29) is 12.1 Å². The molecule has 1 aromatic heterocycles. The number of nitrogens with zero attached hydrogens (tertiary/aromatic N) is 3. The standard InChI is InChI=1S/C15H11N3O4S/c19-15(20)12(7-9-2-1-3-11(6-9)18(21)22)10-4-5-13-14(8-10)17-23-16-13/h1-6,8,12H,7H2,(H,19,20). The van der Waals surface area contributed by atoms with E-state index in [1.807, 2.05) is 0 Å². The van der Waals surface area contributed by atoms with E-state index in [4.69, 9.17) is 0 Å². The van der Waals surface area contributed by atoms with Crippen molar-refractivity contribution in [2.45, 2.75) is 12.3 Å². The number of fused-ring (bicyclic) bond motifs is 1. The van der Waals surface area contributed by atoms with Crippen molar-refractivity contribution in [3.8, 4) is 0 Å². The van der Waals surface area contributed by atoms with Gasteiger partial charge in [0.25, 0.3) is 5.69 Å². The summed E-state index contributed by atoms with van der Waals surface area (Å²) < 4.78 is 8.20. The van der Waals surface area contributed by atoms with Crippen LogP contribution in [0.4, 0.5) is 5.69 Å². The van der Waals surface area contributed by atoms with Crippen molar-refractivity contribution in [1.82, 2.24) is 8.75 Å². The summed E-state index contributed by atoms with van der Waals surface area (Å²) in [4.78, 5) is 22.0. The summed E-state index contributed by atoms with van der Waals surface area (Å²) in [5.41, 5.74) is 2.52. The molecule has 0 spiro atoms. The summed E-state index contributed by atoms with van der Waals surface area (Å²) in [7, 11) is 0. The van der Waals surface area contributed by atoms with Crippen molar-refractivity contribution >= 4 is 34.4 Å². The van der Waals surface area contributed by atoms with E-state index < -0.39 is 16.8 Å². The third kappa shape index (κ3) is 3.16. The van der Waals surface area contributed by atoms with Crippen molar-refractivity contribution in [2.75, 3.05) is 0 Å². The maximum Gasteiger partial charge on any atom is 0.311 e. The highest BCUT2D eigenvalue weighted by atomic mass is 32.1. The number of non-ortho nitro benzene ring substituents is 1. The van der Waals surface area contributed by atoms with Crippen LogP contribution < -0.4 is 0 Å². The number of aromatic nitrogens is 2. The van der Waals surface area contributed by atoms with Crippen molar-refractivity contribution in [1.29, 1.82) is 0 Å². The van der Waals surface area contributed by atoms with Crippen LogP contribution in [0.1, 0.15) is 17.0 Å². The number of hydrogen-bond donors (Lipinski definition) is 1. The second kappa shape index (κ2) is 6.09. The SMILES string of the molecule is O=C(O)C(Cc1cccc([N+](=O)[O-])c1)c1ccc2nsnc2c1. The molecule has 3 aromatic rings. The average Bonchev–Trinajstić information content (AvgIpc) is 3.00. The summed E-state index contributed by atoms with van der Waals surface area (Å²) >= 11 is 1.07. The molecule has 2 aromatic carbocycles. The fraction of sp³-hybridized carbons (Fsp3) is 0.133. The van der Waals surface area contributed by atoms with Crippen LogP contribution in [-0.2, 0) is 11.2 Å². The van der Waals surface area contributed by atoms with E-state index in [0.29, 0.717) is 16.6 Å². The zero-order valence-corrected chi connectivity index (χ0v) is 12.6. The van der Waals surface area contributed by atoms with E-state index in [1.54, 1.807) is 30.3 Å². The third-order valence-electron chi connectivity index (χ3n) is 3.54. The Kier molecular flexibility index (Phi) is 3.98. The summed E-state index contributed by atoms with van der Waals surface area (Å²) in [6, 6.07) is 11.2. The zero-order chi connectivity index (χ0) is 16.4. The van der Waals surface area contributed by atoms with Gasteiger partial charge in [0.2, 0.25) is 0 Å². The molecule has 23 heavy (non-hydrogen) atoms. The number of benzene rings is 2. The van der Waals surface area contributed by atoms with Gasteiger partial charge in [-0.15, -0.1) is 0 Å². The highest BCUT2D eigenvalue weighted by molar-refractivity contribution is 7.00. The summed E-state index contributed by atoms with van der Waals surface area (Å²) in [5.74, 6) is -1.79. The second-order valence-electron chi connectivity index (χ2n) is 5.03. The van der Waals surface area contributed by atoms with Gasteiger partial charge in [0, 0.05) is 12.1 Å². The Hall–Kier alpha value is -2.87. The maximum atomic E-state index is 11.6. The molecule has 1 heterocycles. The van der Waals surface area contributed by atoms with Crippen LogP contribution in [0.25, 0.3) is 11.0 Å². The first-order valence-electron chi connectivity index (χ1n) is 6.73. The lowest BCUT2D eigenvalue weighted by molar-refractivity contribution is -0.384. The molecule has 116 valence electrons. The van der Waals surface area contributed by atoms with Crippen molar-refractivity contribution in [2.24, 2.45) is 0 Å². The molecular weight excluding hydrogens is 318 g/mol.